The number of carboxylic acids is 1. The van der Waals surface area contributed by atoms with E-state index in [1.165, 1.54) is 0 Å². The van der Waals surface area contributed by atoms with E-state index in [1.54, 1.807) is 4.90 Å². The standard InChI is InChI=1S/C13H21NO4/c1-12(2,3)18-11(17)14-7-6-13(8-14)5-4-9(13)10(15)16/h9H,4-8H2,1-3H3,(H,15,16)/t9-,13-/m0/s1. The summed E-state index contributed by atoms with van der Waals surface area (Å²) in [5.41, 5.74) is -0.693. The molecule has 0 aromatic rings. The molecule has 2 atom stereocenters. The molecule has 1 spiro atoms. The van der Waals surface area contributed by atoms with Crippen LogP contribution in [0.4, 0.5) is 4.79 Å². The van der Waals surface area contributed by atoms with E-state index in [-0.39, 0.29) is 17.4 Å². The van der Waals surface area contributed by atoms with Crippen molar-refractivity contribution in [3.05, 3.63) is 0 Å². The lowest BCUT2D eigenvalue weighted by atomic mass is 9.59. The highest BCUT2D eigenvalue weighted by Gasteiger charge is 2.55. The van der Waals surface area contributed by atoms with Crippen LogP contribution >= 0.6 is 0 Å². The second-order valence-electron chi connectivity index (χ2n) is 6.44. The smallest absolute Gasteiger partial charge is 0.410 e. The first-order valence-corrected chi connectivity index (χ1v) is 6.44. The van der Waals surface area contributed by atoms with Gasteiger partial charge in [-0.05, 0) is 40.0 Å². The number of hydrogen-bond donors (Lipinski definition) is 1. The fraction of sp³-hybridized carbons (Fsp3) is 0.846. The average molecular weight is 255 g/mol. The molecular formula is C13H21NO4. The molecule has 1 N–H and O–H groups in total. The first-order valence-electron chi connectivity index (χ1n) is 6.44. The maximum atomic E-state index is 11.9. The summed E-state index contributed by atoms with van der Waals surface area (Å²) in [6.45, 7) is 6.64. The molecule has 1 aliphatic heterocycles. The Morgan fingerprint density at radius 2 is 2.00 bits per heavy atom. The van der Waals surface area contributed by atoms with Crippen molar-refractivity contribution >= 4 is 12.1 Å². The molecular weight excluding hydrogens is 234 g/mol. The van der Waals surface area contributed by atoms with Gasteiger partial charge < -0.3 is 14.7 Å². The molecule has 2 rings (SSSR count). The van der Waals surface area contributed by atoms with Gasteiger partial charge in [0, 0.05) is 18.5 Å². The van der Waals surface area contributed by atoms with Crippen LogP contribution in [0.1, 0.15) is 40.0 Å². The number of aliphatic carboxylic acids is 1. The Hall–Kier alpha value is -1.26. The quantitative estimate of drug-likeness (QED) is 0.779. The lowest BCUT2D eigenvalue weighted by molar-refractivity contribution is -0.153. The molecule has 102 valence electrons. The van der Waals surface area contributed by atoms with Crippen molar-refractivity contribution in [2.75, 3.05) is 13.1 Å². The molecule has 5 nitrogen and oxygen atoms in total. The van der Waals surface area contributed by atoms with Gasteiger partial charge in [-0.15, -0.1) is 0 Å². The summed E-state index contributed by atoms with van der Waals surface area (Å²) in [6.07, 6.45) is 2.10. The van der Waals surface area contributed by atoms with Crippen LogP contribution in [0.25, 0.3) is 0 Å². The third-order valence-corrected chi connectivity index (χ3v) is 4.01. The lowest BCUT2D eigenvalue weighted by Gasteiger charge is -2.44. The summed E-state index contributed by atoms with van der Waals surface area (Å²) < 4.78 is 5.32. The number of nitrogens with zero attached hydrogens (tertiary/aromatic N) is 1. The van der Waals surface area contributed by atoms with Gasteiger partial charge in [0.2, 0.25) is 0 Å². The fourth-order valence-electron chi connectivity index (χ4n) is 2.95. The summed E-state index contributed by atoms with van der Waals surface area (Å²) in [4.78, 5) is 24.7. The molecule has 1 aliphatic carbocycles. The predicted octanol–water partition coefficient (Wildman–Crippen LogP) is 2.11. The zero-order chi connectivity index (χ0) is 13.6. The number of ether oxygens (including phenoxy) is 1. The Morgan fingerprint density at radius 1 is 1.33 bits per heavy atom. The minimum Gasteiger partial charge on any atom is -0.481 e. The molecule has 2 aliphatic rings. The zero-order valence-electron chi connectivity index (χ0n) is 11.2. The second-order valence-corrected chi connectivity index (χ2v) is 6.44. The second kappa shape index (κ2) is 4.14. The highest BCUT2D eigenvalue weighted by Crippen LogP contribution is 2.53. The topological polar surface area (TPSA) is 66.8 Å². The Kier molecular flexibility index (Phi) is 3.03. The van der Waals surface area contributed by atoms with Crippen molar-refractivity contribution in [1.29, 1.82) is 0 Å². The van der Waals surface area contributed by atoms with E-state index in [1.807, 2.05) is 20.8 Å². The van der Waals surface area contributed by atoms with Crippen molar-refractivity contribution in [3.8, 4) is 0 Å². The van der Waals surface area contributed by atoms with Crippen LogP contribution in [0.15, 0.2) is 0 Å². The maximum Gasteiger partial charge on any atom is 0.410 e. The molecule has 0 aromatic heterocycles. The summed E-state index contributed by atoms with van der Waals surface area (Å²) in [7, 11) is 0. The van der Waals surface area contributed by atoms with Crippen LogP contribution in [-0.4, -0.2) is 40.8 Å². The Morgan fingerprint density at radius 3 is 2.44 bits per heavy atom. The van der Waals surface area contributed by atoms with Crippen molar-refractivity contribution in [1.82, 2.24) is 4.90 Å². The largest absolute Gasteiger partial charge is 0.481 e. The van der Waals surface area contributed by atoms with Gasteiger partial charge >= 0.3 is 12.1 Å². The molecule has 0 radical (unpaired) electrons. The minimum absolute atomic E-state index is 0.192. The highest BCUT2D eigenvalue weighted by molar-refractivity contribution is 5.73. The molecule has 0 unspecified atom stereocenters. The molecule has 1 amide bonds. The fourth-order valence-corrected chi connectivity index (χ4v) is 2.95. The van der Waals surface area contributed by atoms with Crippen LogP contribution < -0.4 is 0 Å². The van der Waals surface area contributed by atoms with E-state index in [4.69, 9.17) is 9.84 Å². The van der Waals surface area contributed by atoms with Gasteiger partial charge in [0.1, 0.15) is 5.60 Å². The molecule has 0 aromatic carbocycles. The Labute approximate surface area is 107 Å². The maximum absolute atomic E-state index is 11.9. The average Bonchev–Trinajstić information content (AvgIpc) is 2.58. The first kappa shape index (κ1) is 13.2. The third kappa shape index (κ3) is 2.31. The third-order valence-electron chi connectivity index (χ3n) is 4.01. The van der Waals surface area contributed by atoms with Gasteiger partial charge in [-0.3, -0.25) is 4.79 Å². The first-order chi connectivity index (χ1) is 8.23. The van der Waals surface area contributed by atoms with Crippen LogP contribution in [0.2, 0.25) is 0 Å². The van der Waals surface area contributed by atoms with Gasteiger partial charge in [-0.1, -0.05) is 0 Å². The number of rotatable bonds is 1. The number of carbonyl (C=O) groups excluding carboxylic acids is 1. The van der Waals surface area contributed by atoms with Gasteiger partial charge in [0.05, 0.1) is 5.92 Å². The molecule has 0 bridgehead atoms. The van der Waals surface area contributed by atoms with Gasteiger partial charge in [-0.25, -0.2) is 4.79 Å². The van der Waals surface area contributed by atoms with Crippen LogP contribution in [0.3, 0.4) is 0 Å². The van der Waals surface area contributed by atoms with Crippen molar-refractivity contribution < 1.29 is 19.4 Å². The van der Waals surface area contributed by atoms with E-state index in [2.05, 4.69) is 0 Å². The van der Waals surface area contributed by atoms with E-state index in [9.17, 15) is 9.59 Å². The van der Waals surface area contributed by atoms with Gasteiger partial charge in [-0.2, -0.15) is 0 Å². The van der Waals surface area contributed by atoms with Crippen molar-refractivity contribution in [2.45, 2.75) is 45.6 Å². The molecule has 1 heterocycles. The molecule has 1 saturated heterocycles. The van der Waals surface area contributed by atoms with E-state index in [0.29, 0.717) is 13.1 Å². The summed E-state index contributed by atoms with van der Waals surface area (Å²) >= 11 is 0. The van der Waals surface area contributed by atoms with E-state index in [0.717, 1.165) is 19.3 Å². The SMILES string of the molecule is CC(C)(C)OC(=O)N1CC[C@@]2(CC[C@H]2C(=O)O)C1. The number of carbonyl (C=O) groups is 2. The lowest BCUT2D eigenvalue weighted by Crippen LogP contribution is -2.47. The van der Waals surface area contributed by atoms with E-state index < -0.39 is 11.6 Å². The van der Waals surface area contributed by atoms with Gasteiger partial charge in [0.25, 0.3) is 0 Å². The van der Waals surface area contributed by atoms with Gasteiger partial charge in [0.15, 0.2) is 0 Å². The number of amides is 1. The highest BCUT2D eigenvalue weighted by atomic mass is 16.6. The number of likely N-dealkylation sites (tertiary alicyclic amines) is 1. The number of carboxylic acid groups (broad SMARTS) is 1. The molecule has 1 saturated carbocycles. The van der Waals surface area contributed by atoms with Crippen molar-refractivity contribution in [2.24, 2.45) is 11.3 Å². The molecule has 5 heteroatoms. The number of hydrogen-bond acceptors (Lipinski definition) is 3. The monoisotopic (exact) mass is 255 g/mol. The Bertz CT molecular complexity index is 374. The predicted molar refractivity (Wildman–Crippen MR) is 65.2 cm³/mol. The Balaban J connectivity index is 1.97. The van der Waals surface area contributed by atoms with Crippen LogP contribution in [-0.2, 0) is 9.53 Å². The zero-order valence-corrected chi connectivity index (χ0v) is 11.2. The molecule has 2 fully saturated rings. The van der Waals surface area contributed by atoms with Crippen molar-refractivity contribution in [3.63, 3.8) is 0 Å². The summed E-state index contributed by atoms with van der Waals surface area (Å²) in [5, 5.41) is 9.14. The molecule has 18 heavy (non-hydrogen) atoms. The summed E-state index contributed by atoms with van der Waals surface area (Å²) in [6, 6.07) is 0. The van der Waals surface area contributed by atoms with E-state index >= 15 is 0 Å². The minimum atomic E-state index is -0.729. The van der Waals surface area contributed by atoms with Crippen LogP contribution in [0, 0.1) is 11.3 Å². The van der Waals surface area contributed by atoms with Crippen LogP contribution in [0.5, 0.6) is 0 Å². The normalized spacial score (nSPS) is 31.3. The summed E-state index contributed by atoms with van der Waals surface area (Å²) in [5.74, 6) is -1.02.